The van der Waals surface area contributed by atoms with Crippen LogP contribution in [0.15, 0.2) is 24.5 Å². The number of pyridine rings is 1. The van der Waals surface area contributed by atoms with E-state index >= 15 is 0 Å². The zero-order valence-electron chi connectivity index (χ0n) is 14.3. The molecule has 0 unspecified atom stereocenters. The number of carbonyl (C=O) groups excluding carboxylic acids is 2. The van der Waals surface area contributed by atoms with E-state index in [4.69, 9.17) is 0 Å². The number of rotatable bonds is 8. The molecule has 0 radical (unpaired) electrons. The monoisotopic (exact) mass is 349 g/mol. The Kier molecular flexibility index (Phi) is 7.56. The Bertz CT molecular complexity index is 530. The molecule has 1 aliphatic carbocycles. The summed E-state index contributed by atoms with van der Waals surface area (Å²) in [5.74, 6) is 1.06. The molecule has 2 rings (SSSR count). The summed E-state index contributed by atoms with van der Waals surface area (Å²) in [6, 6.07) is 3.90. The minimum absolute atomic E-state index is 0.0171. The van der Waals surface area contributed by atoms with Crippen LogP contribution in [-0.4, -0.2) is 34.6 Å². The Morgan fingerprint density at radius 3 is 2.58 bits per heavy atom. The Balaban J connectivity index is 1.86. The molecule has 1 aromatic rings. The zero-order valence-corrected chi connectivity index (χ0v) is 15.2. The van der Waals surface area contributed by atoms with Gasteiger partial charge >= 0.3 is 0 Å². The van der Waals surface area contributed by atoms with Crippen molar-refractivity contribution in [2.75, 3.05) is 12.3 Å². The molecular weight excluding hydrogens is 322 g/mol. The van der Waals surface area contributed by atoms with E-state index in [1.165, 1.54) is 0 Å². The van der Waals surface area contributed by atoms with Gasteiger partial charge < -0.3 is 10.6 Å². The molecule has 0 aliphatic heterocycles. The Morgan fingerprint density at radius 1 is 1.21 bits per heavy atom. The predicted octanol–water partition coefficient (Wildman–Crippen LogP) is 2.66. The van der Waals surface area contributed by atoms with E-state index in [1.54, 1.807) is 24.2 Å². The molecule has 1 saturated carbocycles. The molecule has 1 heterocycles. The van der Waals surface area contributed by atoms with Gasteiger partial charge in [-0.3, -0.25) is 14.6 Å². The standard InChI is InChI=1S/C18H27N3O2S/c1-2-10-20-17(23)18(8-4-3-5-9-18)21-16(22)14-24-13-15-6-11-19-12-7-15/h6-7,11-12H,2-5,8-10,13-14H2,1H3,(H,20,23)(H,21,22). The van der Waals surface area contributed by atoms with Crippen molar-refractivity contribution >= 4 is 23.6 Å². The molecule has 0 aromatic carbocycles. The van der Waals surface area contributed by atoms with Crippen molar-refractivity contribution in [2.45, 2.75) is 56.7 Å². The molecule has 2 amide bonds. The number of hydrogen-bond donors (Lipinski definition) is 2. The van der Waals surface area contributed by atoms with Gasteiger partial charge in [-0.25, -0.2) is 0 Å². The number of nitrogens with zero attached hydrogens (tertiary/aromatic N) is 1. The number of amides is 2. The van der Waals surface area contributed by atoms with Crippen LogP contribution < -0.4 is 10.6 Å². The van der Waals surface area contributed by atoms with Crippen LogP contribution in [0.4, 0.5) is 0 Å². The van der Waals surface area contributed by atoms with E-state index in [-0.39, 0.29) is 11.8 Å². The first-order valence-electron chi connectivity index (χ1n) is 8.72. The summed E-state index contributed by atoms with van der Waals surface area (Å²) in [5, 5.41) is 6.01. The third kappa shape index (κ3) is 5.51. The lowest BCUT2D eigenvalue weighted by Crippen LogP contribution is -2.60. The fourth-order valence-electron chi connectivity index (χ4n) is 3.02. The molecule has 24 heavy (non-hydrogen) atoms. The number of nitrogens with one attached hydrogen (secondary N) is 2. The van der Waals surface area contributed by atoms with Crippen molar-refractivity contribution in [3.8, 4) is 0 Å². The maximum absolute atomic E-state index is 12.6. The van der Waals surface area contributed by atoms with Crippen LogP contribution in [0.3, 0.4) is 0 Å². The SMILES string of the molecule is CCCNC(=O)C1(NC(=O)CSCc2ccncc2)CCCCC1. The molecule has 0 atom stereocenters. The molecular formula is C18H27N3O2S. The smallest absolute Gasteiger partial charge is 0.245 e. The molecule has 1 aromatic heterocycles. The van der Waals surface area contributed by atoms with Crippen LogP contribution in [-0.2, 0) is 15.3 Å². The lowest BCUT2D eigenvalue weighted by molar-refractivity contribution is -0.134. The first kappa shape index (κ1) is 18.8. The van der Waals surface area contributed by atoms with Crippen molar-refractivity contribution in [1.29, 1.82) is 0 Å². The van der Waals surface area contributed by atoms with Crippen LogP contribution >= 0.6 is 11.8 Å². The van der Waals surface area contributed by atoms with E-state index in [2.05, 4.69) is 15.6 Å². The van der Waals surface area contributed by atoms with Crippen molar-refractivity contribution in [3.63, 3.8) is 0 Å². The van der Waals surface area contributed by atoms with Gasteiger partial charge in [0.2, 0.25) is 11.8 Å². The second-order valence-corrected chi connectivity index (χ2v) is 7.28. The van der Waals surface area contributed by atoms with Gasteiger partial charge in [0.25, 0.3) is 0 Å². The molecule has 1 aliphatic rings. The molecule has 2 N–H and O–H groups in total. The summed E-state index contributed by atoms with van der Waals surface area (Å²) >= 11 is 1.56. The van der Waals surface area contributed by atoms with Gasteiger partial charge in [0.15, 0.2) is 0 Å². The summed E-state index contributed by atoms with van der Waals surface area (Å²) in [4.78, 5) is 28.9. The fraction of sp³-hybridized carbons (Fsp3) is 0.611. The first-order chi connectivity index (χ1) is 11.7. The average molecular weight is 350 g/mol. The van der Waals surface area contributed by atoms with Gasteiger partial charge in [-0.1, -0.05) is 26.2 Å². The Labute approximate surface area is 148 Å². The summed E-state index contributed by atoms with van der Waals surface area (Å²) in [5.41, 5.74) is 0.442. The van der Waals surface area contributed by atoms with Crippen molar-refractivity contribution in [3.05, 3.63) is 30.1 Å². The van der Waals surface area contributed by atoms with Crippen molar-refractivity contribution in [2.24, 2.45) is 0 Å². The van der Waals surface area contributed by atoms with E-state index in [0.29, 0.717) is 12.3 Å². The predicted molar refractivity (Wildman–Crippen MR) is 97.7 cm³/mol. The van der Waals surface area contributed by atoms with Gasteiger partial charge in [0, 0.05) is 24.7 Å². The average Bonchev–Trinajstić information content (AvgIpc) is 2.61. The number of hydrogen-bond acceptors (Lipinski definition) is 4. The summed E-state index contributed by atoms with van der Waals surface area (Å²) < 4.78 is 0. The van der Waals surface area contributed by atoms with Gasteiger partial charge in [-0.2, -0.15) is 0 Å². The fourth-order valence-corrected chi connectivity index (χ4v) is 3.80. The van der Waals surface area contributed by atoms with Crippen molar-refractivity contribution in [1.82, 2.24) is 15.6 Å². The lowest BCUT2D eigenvalue weighted by atomic mass is 9.80. The summed E-state index contributed by atoms with van der Waals surface area (Å²) in [7, 11) is 0. The van der Waals surface area contributed by atoms with Gasteiger partial charge in [0.1, 0.15) is 5.54 Å². The highest BCUT2D eigenvalue weighted by molar-refractivity contribution is 7.99. The number of aromatic nitrogens is 1. The third-order valence-electron chi connectivity index (χ3n) is 4.31. The maximum atomic E-state index is 12.6. The lowest BCUT2D eigenvalue weighted by Gasteiger charge is -2.36. The molecule has 132 valence electrons. The Morgan fingerprint density at radius 2 is 1.92 bits per heavy atom. The molecule has 0 spiro atoms. The van der Waals surface area contributed by atoms with Gasteiger partial charge in [-0.15, -0.1) is 11.8 Å². The second-order valence-electron chi connectivity index (χ2n) is 6.30. The van der Waals surface area contributed by atoms with Gasteiger partial charge in [-0.05, 0) is 37.0 Å². The van der Waals surface area contributed by atoms with Gasteiger partial charge in [0.05, 0.1) is 5.75 Å². The summed E-state index contributed by atoms with van der Waals surface area (Å²) in [6.45, 7) is 2.69. The van der Waals surface area contributed by atoms with E-state index in [0.717, 1.165) is 49.8 Å². The minimum Gasteiger partial charge on any atom is -0.354 e. The zero-order chi connectivity index (χ0) is 17.3. The molecule has 0 bridgehead atoms. The summed E-state index contributed by atoms with van der Waals surface area (Å²) in [6.07, 6.45) is 9.00. The minimum atomic E-state index is -0.707. The van der Waals surface area contributed by atoms with Crippen LogP contribution in [0.5, 0.6) is 0 Å². The van der Waals surface area contributed by atoms with Crippen LogP contribution in [0, 0.1) is 0 Å². The molecule has 1 fully saturated rings. The Hall–Kier alpha value is -1.56. The van der Waals surface area contributed by atoms with E-state index < -0.39 is 5.54 Å². The van der Waals surface area contributed by atoms with Crippen molar-refractivity contribution < 1.29 is 9.59 Å². The van der Waals surface area contributed by atoms with Crippen LogP contribution in [0.1, 0.15) is 51.0 Å². The van der Waals surface area contributed by atoms with E-state index in [1.807, 2.05) is 19.1 Å². The highest BCUT2D eigenvalue weighted by atomic mass is 32.2. The second kappa shape index (κ2) is 9.67. The highest BCUT2D eigenvalue weighted by Gasteiger charge is 2.40. The highest BCUT2D eigenvalue weighted by Crippen LogP contribution is 2.28. The number of thioether (sulfide) groups is 1. The quantitative estimate of drug-likeness (QED) is 0.757. The maximum Gasteiger partial charge on any atom is 0.245 e. The van der Waals surface area contributed by atoms with E-state index in [9.17, 15) is 9.59 Å². The number of carbonyl (C=O) groups is 2. The van der Waals surface area contributed by atoms with Crippen LogP contribution in [0.2, 0.25) is 0 Å². The first-order valence-corrected chi connectivity index (χ1v) is 9.88. The molecule has 5 nitrogen and oxygen atoms in total. The topological polar surface area (TPSA) is 71.1 Å². The largest absolute Gasteiger partial charge is 0.354 e. The molecule has 6 heteroatoms. The third-order valence-corrected chi connectivity index (χ3v) is 5.31. The van der Waals surface area contributed by atoms with Crippen LogP contribution in [0.25, 0.3) is 0 Å². The molecule has 0 saturated heterocycles. The normalized spacial score (nSPS) is 16.4.